The molecule has 2 aromatic carbocycles. The van der Waals surface area contributed by atoms with E-state index in [1.165, 1.54) is 19.2 Å². The first-order valence-corrected chi connectivity index (χ1v) is 10.5. The number of nitrogens with one attached hydrogen (secondary N) is 3. The van der Waals surface area contributed by atoms with Gasteiger partial charge in [-0.1, -0.05) is 11.6 Å². The van der Waals surface area contributed by atoms with Crippen molar-refractivity contribution in [2.75, 3.05) is 12.4 Å². The number of ether oxygens (including phenoxy) is 1. The van der Waals surface area contributed by atoms with Gasteiger partial charge in [0.15, 0.2) is 11.6 Å². The van der Waals surface area contributed by atoms with Crippen LogP contribution in [-0.4, -0.2) is 37.2 Å². The van der Waals surface area contributed by atoms with Crippen LogP contribution in [0.2, 0.25) is 5.02 Å². The zero-order valence-electron chi connectivity index (χ0n) is 17.6. The predicted molar refractivity (Wildman–Crippen MR) is 118 cm³/mol. The lowest BCUT2D eigenvalue weighted by Crippen LogP contribution is -2.40. The number of halogens is 4. The molecular weight excluding hydrogens is 461 g/mol. The van der Waals surface area contributed by atoms with Crippen molar-refractivity contribution < 1.29 is 27.5 Å². The highest BCUT2D eigenvalue weighted by Gasteiger charge is 2.23. The van der Waals surface area contributed by atoms with E-state index in [2.05, 4.69) is 25.7 Å². The molecular formula is C22H22ClF3N4O3. The molecule has 0 bridgehead atoms. The van der Waals surface area contributed by atoms with Crippen LogP contribution in [0.25, 0.3) is 0 Å². The number of anilines is 1. The van der Waals surface area contributed by atoms with Crippen molar-refractivity contribution in [3.63, 3.8) is 0 Å². The van der Waals surface area contributed by atoms with Gasteiger partial charge in [0.1, 0.15) is 5.82 Å². The van der Waals surface area contributed by atoms with Gasteiger partial charge in [-0.2, -0.15) is 0 Å². The third kappa shape index (κ3) is 7.11. The minimum absolute atomic E-state index is 0.00391. The van der Waals surface area contributed by atoms with E-state index >= 15 is 0 Å². The first kappa shape index (κ1) is 24.4. The summed E-state index contributed by atoms with van der Waals surface area (Å²) in [5.74, 6) is -3.57. The molecule has 0 heterocycles. The van der Waals surface area contributed by atoms with Crippen molar-refractivity contribution in [2.45, 2.75) is 37.8 Å². The summed E-state index contributed by atoms with van der Waals surface area (Å²) in [7, 11) is 1.29. The van der Waals surface area contributed by atoms with Crippen LogP contribution in [-0.2, 0) is 4.74 Å². The number of amides is 2. The molecule has 33 heavy (non-hydrogen) atoms. The maximum atomic E-state index is 13.7. The molecule has 1 aliphatic rings. The van der Waals surface area contributed by atoms with E-state index < -0.39 is 29.5 Å². The summed E-state index contributed by atoms with van der Waals surface area (Å²) in [5.41, 5.74) is 0.122. The Morgan fingerprint density at radius 2 is 1.76 bits per heavy atom. The SMILES string of the molecule is COC(=O)NC1CCC(N=C(NC(=O)c2ccc(F)c(F)c2)Nc2cc(F)cc(Cl)c2)CC1. The van der Waals surface area contributed by atoms with Gasteiger partial charge in [-0.3, -0.25) is 10.1 Å². The predicted octanol–water partition coefficient (Wildman–Crippen LogP) is 4.62. The number of carbonyl (C=O) groups is 2. The van der Waals surface area contributed by atoms with Gasteiger partial charge in [0.05, 0.1) is 13.2 Å². The first-order chi connectivity index (χ1) is 15.7. The zero-order chi connectivity index (χ0) is 24.0. The van der Waals surface area contributed by atoms with Crippen molar-refractivity contribution in [3.8, 4) is 0 Å². The molecule has 176 valence electrons. The molecule has 0 aliphatic heterocycles. The number of alkyl carbamates (subject to hydrolysis) is 1. The van der Waals surface area contributed by atoms with Crippen molar-refractivity contribution in [2.24, 2.45) is 4.99 Å². The quantitative estimate of drug-likeness (QED) is 0.438. The molecule has 1 saturated carbocycles. The van der Waals surface area contributed by atoms with Crippen LogP contribution in [0, 0.1) is 17.5 Å². The van der Waals surface area contributed by atoms with Crippen LogP contribution in [0.3, 0.4) is 0 Å². The molecule has 1 aliphatic carbocycles. The fourth-order valence-corrected chi connectivity index (χ4v) is 3.65. The highest BCUT2D eigenvalue weighted by Crippen LogP contribution is 2.22. The number of hydrogen-bond acceptors (Lipinski definition) is 4. The van der Waals surface area contributed by atoms with Crippen molar-refractivity contribution >= 4 is 35.2 Å². The van der Waals surface area contributed by atoms with Crippen molar-refractivity contribution in [1.29, 1.82) is 0 Å². The van der Waals surface area contributed by atoms with Crippen LogP contribution in [0.4, 0.5) is 23.7 Å². The van der Waals surface area contributed by atoms with Gasteiger partial charge >= 0.3 is 6.09 Å². The van der Waals surface area contributed by atoms with Gasteiger partial charge in [0.25, 0.3) is 5.91 Å². The lowest BCUT2D eigenvalue weighted by atomic mass is 9.92. The lowest BCUT2D eigenvalue weighted by molar-refractivity contribution is 0.0976. The second-order valence-electron chi connectivity index (χ2n) is 7.49. The average Bonchev–Trinajstić information content (AvgIpc) is 2.76. The van der Waals surface area contributed by atoms with Crippen LogP contribution in [0.15, 0.2) is 41.4 Å². The Bertz CT molecular complexity index is 1040. The average molecular weight is 483 g/mol. The second-order valence-corrected chi connectivity index (χ2v) is 7.92. The van der Waals surface area contributed by atoms with Gasteiger partial charge in [-0.25, -0.2) is 23.0 Å². The maximum Gasteiger partial charge on any atom is 0.407 e. The van der Waals surface area contributed by atoms with E-state index in [-0.39, 0.29) is 34.3 Å². The molecule has 0 saturated heterocycles. The molecule has 2 aromatic rings. The number of rotatable bonds is 4. The Morgan fingerprint density at radius 1 is 1.03 bits per heavy atom. The van der Waals surface area contributed by atoms with Crippen LogP contribution in [0.1, 0.15) is 36.0 Å². The Balaban J connectivity index is 1.77. The van der Waals surface area contributed by atoms with Crippen LogP contribution < -0.4 is 16.0 Å². The second kappa shape index (κ2) is 11.0. The Morgan fingerprint density at radius 3 is 2.39 bits per heavy atom. The van der Waals surface area contributed by atoms with E-state index in [1.807, 2.05) is 0 Å². The molecule has 0 spiro atoms. The molecule has 0 radical (unpaired) electrons. The lowest BCUT2D eigenvalue weighted by Gasteiger charge is -2.27. The van der Waals surface area contributed by atoms with Gasteiger partial charge in [0.2, 0.25) is 5.96 Å². The number of hydrogen-bond donors (Lipinski definition) is 3. The molecule has 3 N–H and O–H groups in total. The first-order valence-electron chi connectivity index (χ1n) is 10.2. The Hall–Kier alpha value is -3.27. The third-order valence-electron chi connectivity index (χ3n) is 5.05. The minimum atomic E-state index is -1.16. The zero-order valence-corrected chi connectivity index (χ0v) is 18.4. The molecule has 0 unspecified atom stereocenters. The molecule has 0 aromatic heterocycles. The molecule has 3 rings (SSSR count). The summed E-state index contributed by atoms with van der Waals surface area (Å²) >= 11 is 5.90. The molecule has 2 amide bonds. The van der Waals surface area contributed by atoms with Crippen molar-refractivity contribution in [3.05, 3.63) is 64.4 Å². The topological polar surface area (TPSA) is 91.8 Å². The van der Waals surface area contributed by atoms with Crippen molar-refractivity contribution in [1.82, 2.24) is 10.6 Å². The minimum Gasteiger partial charge on any atom is -0.453 e. The number of aliphatic imine (C=N–C) groups is 1. The Labute approximate surface area is 193 Å². The third-order valence-corrected chi connectivity index (χ3v) is 5.27. The van der Waals surface area contributed by atoms with Gasteiger partial charge < -0.3 is 15.4 Å². The molecule has 0 atom stereocenters. The summed E-state index contributed by atoms with van der Waals surface area (Å²) < 4.78 is 45.1. The van der Waals surface area contributed by atoms with E-state index in [0.717, 1.165) is 24.3 Å². The molecule has 1 fully saturated rings. The molecule has 7 nitrogen and oxygen atoms in total. The maximum absolute atomic E-state index is 13.7. The highest BCUT2D eigenvalue weighted by molar-refractivity contribution is 6.31. The summed E-state index contributed by atoms with van der Waals surface area (Å²) in [6.45, 7) is 0. The van der Waals surface area contributed by atoms with Gasteiger partial charge in [-0.05, 0) is 62.1 Å². The fourth-order valence-electron chi connectivity index (χ4n) is 3.43. The molecule has 11 heteroatoms. The van der Waals surface area contributed by atoms with Crippen LogP contribution >= 0.6 is 11.6 Å². The standard InChI is InChI=1S/C22H22ClF3N4O3/c1-33-22(32)29-16-5-3-15(4-6-16)27-21(28-17-10-13(23)9-14(24)11-17)30-20(31)12-2-7-18(25)19(26)8-12/h2,7-11,15-16H,3-6H2,1H3,(H,29,32)(H2,27,28,30,31). The van der Waals surface area contributed by atoms with E-state index in [9.17, 15) is 22.8 Å². The summed E-state index contributed by atoms with van der Waals surface area (Å²) in [6, 6.07) is 6.22. The Kier molecular flexibility index (Phi) is 8.16. The number of nitrogens with zero attached hydrogens (tertiary/aromatic N) is 1. The van der Waals surface area contributed by atoms with E-state index in [4.69, 9.17) is 11.6 Å². The fraction of sp³-hybridized carbons (Fsp3) is 0.318. The monoisotopic (exact) mass is 482 g/mol. The summed E-state index contributed by atoms with van der Waals surface area (Å²) in [4.78, 5) is 28.5. The van der Waals surface area contributed by atoms with E-state index in [1.54, 1.807) is 0 Å². The van der Waals surface area contributed by atoms with E-state index in [0.29, 0.717) is 25.7 Å². The van der Waals surface area contributed by atoms with Crippen LogP contribution in [0.5, 0.6) is 0 Å². The number of methoxy groups -OCH3 is 1. The van der Waals surface area contributed by atoms with Gasteiger partial charge in [-0.15, -0.1) is 0 Å². The number of guanidine groups is 1. The number of benzene rings is 2. The summed E-state index contributed by atoms with van der Waals surface area (Å²) in [5, 5.41) is 8.22. The largest absolute Gasteiger partial charge is 0.453 e. The highest BCUT2D eigenvalue weighted by atomic mass is 35.5. The number of carbonyl (C=O) groups excluding carboxylic acids is 2. The smallest absolute Gasteiger partial charge is 0.407 e. The normalized spacial score (nSPS) is 18.4. The summed E-state index contributed by atoms with van der Waals surface area (Å²) in [6.07, 6.45) is 1.97. The van der Waals surface area contributed by atoms with Gasteiger partial charge in [0, 0.05) is 22.3 Å².